The molecule has 0 radical (unpaired) electrons. The molecule has 1 aliphatic heterocycles. The maximum Gasteiger partial charge on any atom is 0.240 e. The third-order valence-electron chi connectivity index (χ3n) is 6.33. The van der Waals surface area contributed by atoms with Crippen LogP contribution in [0.15, 0.2) is 12.4 Å². The van der Waals surface area contributed by atoms with E-state index in [4.69, 9.17) is 19.9 Å². The van der Waals surface area contributed by atoms with Gasteiger partial charge in [-0.15, -0.1) is 5.10 Å². The molecule has 2 bridgehead atoms. The van der Waals surface area contributed by atoms with Crippen LogP contribution in [0.4, 0.5) is 5.82 Å². The number of aromatic nitrogens is 7. The van der Waals surface area contributed by atoms with Crippen LogP contribution in [0, 0.1) is 0 Å². The van der Waals surface area contributed by atoms with Crippen molar-refractivity contribution in [3.8, 4) is 23.0 Å². The Labute approximate surface area is 215 Å². The van der Waals surface area contributed by atoms with Gasteiger partial charge in [0.05, 0.1) is 47.6 Å². The highest BCUT2D eigenvalue weighted by Crippen LogP contribution is 2.35. The maximum absolute atomic E-state index is 6.48. The number of imidazole rings is 1. The van der Waals surface area contributed by atoms with Crippen LogP contribution in [0.2, 0.25) is 0 Å². The lowest BCUT2D eigenvalue weighted by Crippen LogP contribution is -2.32. The summed E-state index contributed by atoms with van der Waals surface area (Å²) in [5.41, 5.74) is 11.8. The molecular formula is C25H33N9O3. The SMILES string of the molecule is CCOc1nn(C)c2c1/C=C/c1cnc3c(N)nc(cn13)-c1c(COC)nn(C)c1O[C@@H](C)CN(C)C2. The molecule has 196 valence electrons. The minimum atomic E-state index is -0.150. The van der Waals surface area contributed by atoms with E-state index in [0.29, 0.717) is 60.9 Å². The fourth-order valence-corrected chi connectivity index (χ4v) is 4.77. The highest BCUT2D eigenvalue weighted by molar-refractivity contribution is 5.77. The van der Waals surface area contributed by atoms with Crippen molar-refractivity contribution in [3.63, 3.8) is 0 Å². The van der Waals surface area contributed by atoms with Gasteiger partial charge in [0.2, 0.25) is 11.8 Å². The number of anilines is 1. The molecule has 0 aromatic carbocycles. The molecule has 0 saturated heterocycles. The van der Waals surface area contributed by atoms with E-state index in [9.17, 15) is 0 Å². The van der Waals surface area contributed by atoms with E-state index in [-0.39, 0.29) is 6.10 Å². The van der Waals surface area contributed by atoms with E-state index in [1.165, 1.54) is 0 Å². The summed E-state index contributed by atoms with van der Waals surface area (Å²) in [4.78, 5) is 11.4. The molecule has 12 nitrogen and oxygen atoms in total. The first-order valence-electron chi connectivity index (χ1n) is 12.2. The summed E-state index contributed by atoms with van der Waals surface area (Å²) in [6.45, 7) is 6.14. The van der Waals surface area contributed by atoms with E-state index < -0.39 is 0 Å². The van der Waals surface area contributed by atoms with Crippen molar-refractivity contribution in [3.05, 3.63) is 35.0 Å². The Balaban J connectivity index is 1.74. The number of hydrogen-bond donors (Lipinski definition) is 1. The van der Waals surface area contributed by atoms with Crippen LogP contribution < -0.4 is 15.2 Å². The highest BCUT2D eigenvalue weighted by Gasteiger charge is 2.25. The van der Waals surface area contributed by atoms with E-state index in [1.807, 2.05) is 55.4 Å². The van der Waals surface area contributed by atoms with Gasteiger partial charge in [-0.25, -0.2) is 14.6 Å². The standard InChI is InChI=1S/C25H33N9O3/c1-7-36-24-17-9-8-16-10-27-23-22(26)28-18(12-34(16)23)21-19(14-35-6)29-33(5)25(21)37-15(2)11-31(3)13-20(17)32(4)30-24/h8-10,12,15H,7,11,13-14H2,1-6H3,(H2,26,28)/b9-8+/t15-/m0/s1. The van der Waals surface area contributed by atoms with Gasteiger partial charge in [0, 0.05) is 40.5 Å². The minimum absolute atomic E-state index is 0.150. The van der Waals surface area contributed by atoms with Gasteiger partial charge in [-0.05, 0) is 33.0 Å². The number of ether oxygens (including phenoxy) is 3. The number of likely N-dealkylation sites (N-methyl/N-ethyl adjacent to an activating group) is 1. The second kappa shape index (κ2) is 9.87. The number of rotatable bonds is 4. The Kier molecular flexibility index (Phi) is 6.61. The largest absolute Gasteiger partial charge is 0.476 e. The molecule has 0 fully saturated rings. The average Bonchev–Trinajstić information content (AvgIpc) is 3.47. The molecule has 4 aromatic heterocycles. The first-order chi connectivity index (χ1) is 17.8. The molecule has 0 amide bonds. The van der Waals surface area contributed by atoms with Crippen LogP contribution in [0.25, 0.3) is 29.1 Å². The van der Waals surface area contributed by atoms with Crippen LogP contribution in [-0.2, 0) is 32.0 Å². The van der Waals surface area contributed by atoms with Crippen LogP contribution in [-0.4, -0.2) is 72.2 Å². The average molecular weight is 508 g/mol. The van der Waals surface area contributed by atoms with Crippen molar-refractivity contribution in [1.29, 1.82) is 0 Å². The highest BCUT2D eigenvalue weighted by atomic mass is 16.5. The quantitative estimate of drug-likeness (QED) is 0.443. The normalized spacial score (nSPS) is 17.2. The van der Waals surface area contributed by atoms with E-state index in [0.717, 1.165) is 22.5 Å². The van der Waals surface area contributed by atoms with Gasteiger partial charge in [0.25, 0.3) is 0 Å². The van der Waals surface area contributed by atoms with Gasteiger partial charge in [0.15, 0.2) is 11.5 Å². The van der Waals surface area contributed by atoms with Crippen molar-refractivity contribution >= 4 is 23.6 Å². The van der Waals surface area contributed by atoms with Crippen molar-refractivity contribution < 1.29 is 14.2 Å². The zero-order valence-electron chi connectivity index (χ0n) is 22.1. The molecule has 0 aliphatic carbocycles. The van der Waals surface area contributed by atoms with Crippen molar-refractivity contribution in [2.45, 2.75) is 33.1 Å². The van der Waals surface area contributed by atoms with Crippen LogP contribution in [0.3, 0.4) is 0 Å². The summed E-state index contributed by atoms with van der Waals surface area (Å²) >= 11 is 0. The first-order valence-corrected chi connectivity index (χ1v) is 12.2. The third kappa shape index (κ3) is 4.53. The molecule has 0 unspecified atom stereocenters. The molecular weight excluding hydrogens is 474 g/mol. The summed E-state index contributed by atoms with van der Waals surface area (Å²) < 4.78 is 23.3. The lowest BCUT2D eigenvalue weighted by Gasteiger charge is -2.23. The summed E-state index contributed by atoms with van der Waals surface area (Å²) in [5, 5.41) is 9.29. The zero-order valence-corrected chi connectivity index (χ0v) is 22.1. The van der Waals surface area contributed by atoms with Crippen molar-refractivity contribution in [2.24, 2.45) is 14.1 Å². The molecule has 0 spiro atoms. The molecule has 5 rings (SSSR count). The summed E-state index contributed by atoms with van der Waals surface area (Å²) in [5.74, 6) is 1.51. The van der Waals surface area contributed by atoms with E-state index in [2.05, 4.69) is 32.1 Å². The van der Waals surface area contributed by atoms with E-state index >= 15 is 0 Å². The second-order valence-corrected chi connectivity index (χ2v) is 9.25. The van der Waals surface area contributed by atoms with Gasteiger partial charge < -0.3 is 19.9 Å². The Morgan fingerprint density at radius 2 is 1.97 bits per heavy atom. The molecule has 1 atom stereocenters. The number of methoxy groups -OCH3 is 1. The number of hydrogen-bond acceptors (Lipinski definition) is 9. The zero-order chi connectivity index (χ0) is 26.3. The Hall–Kier alpha value is -3.90. The number of fused-ring (bicyclic) bond motifs is 4. The smallest absolute Gasteiger partial charge is 0.240 e. The number of aryl methyl sites for hydroxylation is 2. The predicted octanol–water partition coefficient (Wildman–Crippen LogP) is 2.37. The maximum atomic E-state index is 6.48. The number of nitrogens with two attached hydrogens (primary N) is 1. The monoisotopic (exact) mass is 507 g/mol. The third-order valence-corrected chi connectivity index (χ3v) is 6.33. The van der Waals surface area contributed by atoms with Crippen LogP contribution in [0.1, 0.15) is 36.5 Å². The fourth-order valence-electron chi connectivity index (χ4n) is 4.77. The summed E-state index contributed by atoms with van der Waals surface area (Å²) in [7, 11) is 7.49. The van der Waals surface area contributed by atoms with Gasteiger partial charge in [-0.2, -0.15) is 5.10 Å². The van der Waals surface area contributed by atoms with Gasteiger partial charge >= 0.3 is 0 Å². The fraction of sp³-hybridized carbons (Fsp3) is 0.440. The summed E-state index contributed by atoms with van der Waals surface area (Å²) in [6.07, 6.45) is 7.54. The molecule has 5 heterocycles. The predicted molar refractivity (Wildman–Crippen MR) is 140 cm³/mol. The summed E-state index contributed by atoms with van der Waals surface area (Å²) in [6, 6.07) is 0. The Morgan fingerprint density at radius 1 is 1.16 bits per heavy atom. The molecule has 4 aromatic rings. The van der Waals surface area contributed by atoms with Gasteiger partial charge in [-0.3, -0.25) is 14.0 Å². The topological polar surface area (TPSA) is 123 Å². The lowest BCUT2D eigenvalue weighted by molar-refractivity contribution is 0.147. The van der Waals surface area contributed by atoms with Crippen molar-refractivity contribution in [2.75, 3.05) is 33.0 Å². The van der Waals surface area contributed by atoms with Gasteiger partial charge in [-0.1, -0.05) is 0 Å². The Morgan fingerprint density at radius 3 is 2.73 bits per heavy atom. The first kappa shape index (κ1) is 24.8. The second-order valence-electron chi connectivity index (χ2n) is 9.25. The molecule has 0 saturated carbocycles. The van der Waals surface area contributed by atoms with Crippen LogP contribution >= 0.6 is 0 Å². The Bertz CT molecular complexity index is 1470. The lowest BCUT2D eigenvalue weighted by atomic mass is 10.1. The van der Waals surface area contributed by atoms with Crippen LogP contribution in [0.5, 0.6) is 11.8 Å². The number of nitrogens with zero attached hydrogens (tertiary/aromatic N) is 8. The van der Waals surface area contributed by atoms with Gasteiger partial charge in [0.1, 0.15) is 11.8 Å². The van der Waals surface area contributed by atoms with Crippen molar-refractivity contribution in [1.82, 2.24) is 38.8 Å². The number of nitrogen functional groups attached to an aromatic ring is 1. The van der Waals surface area contributed by atoms with E-state index in [1.54, 1.807) is 18.0 Å². The molecule has 1 aliphatic rings. The minimum Gasteiger partial charge on any atom is -0.476 e. The molecule has 12 heteroatoms. The molecule has 2 N–H and O–H groups in total. The molecule has 37 heavy (non-hydrogen) atoms.